The molecule has 3 nitrogen and oxygen atoms in total. The summed E-state index contributed by atoms with van der Waals surface area (Å²) in [6.07, 6.45) is 2.17. The number of nitrogens with one attached hydrogen (secondary N) is 1. The van der Waals surface area contributed by atoms with Gasteiger partial charge in [-0.25, -0.2) is 0 Å². The Labute approximate surface area is 222 Å². The number of benzene rings is 5. The fourth-order valence-corrected chi connectivity index (χ4v) is 5.22. The molecule has 182 valence electrons. The van der Waals surface area contributed by atoms with Gasteiger partial charge in [0, 0.05) is 28.5 Å². The van der Waals surface area contributed by atoms with Gasteiger partial charge in [-0.15, -0.1) is 0 Å². The molecule has 0 radical (unpaired) electrons. The van der Waals surface area contributed by atoms with Crippen molar-refractivity contribution in [3.8, 4) is 22.3 Å². The molecule has 7 rings (SSSR count). The molecular weight excluding hydrogens is 464 g/mol. The summed E-state index contributed by atoms with van der Waals surface area (Å²) >= 11 is 0. The lowest BCUT2D eigenvalue weighted by atomic mass is 10.0. The zero-order valence-corrected chi connectivity index (χ0v) is 20.8. The molecule has 1 aromatic heterocycles. The zero-order chi connectivity index (χ0) is 25.3. The summed E-state index contributed by atoms with van der Waals surface area (Å²) in [5, 5.41) is 4.74. The zero-order valence-electron chi connectivity index (χ0n) is 20.8. The molecule has 5 aromatic carbocycles. The Bertz CT molecular complexity index is 1650. The lowest BCUT2D eigenvalue weighted by molar-refractivity contribution is 0.603. The molecule has 38 heavy (non-hydrogen) atoms. The van der Waals surface area contributed by atoms with Crippen LogP contribution in [-0.4, -0.2) is 6.54 Å². The highest BCUT2D eigenvalue weighted by atomic mass is 16.3. The van der Waals surface area contributed by atoms with Crippen LogP contribution in [-0.2, 0) is 0 Å². The summed E-state index contributed by atoms with van der Waals surface area (Å²) in [4.78, 5) is 2.31. The number of nitrogens with zero attached hydrogens (tertiary/aromatic N) is 1. The van der Waals surface area contributed by atoms with Gasteiger partial charge in [0.25, 0.3) is 0 Å². The van der Waals surface area contributed by atoms with Gasteiger partial charge in [0.05, 0.1) is 12.2 Å². The van der Waals surface area contributed by atoms with Crippen LogP contribution in [0.4, 0.5) is 17.1 Å². The van der Waals surface area contributed by atoms with Gasteiger partial charge in [-0.3, -0.25) is 0 Å². The second-order valence-electron chi connectivity index (χ2n) is 9.49. The minimum Gasteiger partial charge on any atom is -0.454 e. The molecule has 0 atom stereocenters. The van der Waals surface area contributed by atoms with Gasteiger partial charge in [-0.1, -0.05) is 97.1 Å². The van der Waals surface area contributed by atoms with Crippen LogP contribution in [0.3, 0.4) is 0 Å². The Balaban J connectivity index is 1.31. The van der Waals surface area contributed by atoms with E-state index in [4.69, 9.17) is 4.42 Å². The fraction of sp³-hybridized carbons (Fsp3) is 0.0286. The first kappa shape index (κ1) is 22.2. The van der Waals surface area contributed by atoms with Crippen LogP contribution in [0, 0.1) is 0 Å². The Hall–Kier alpha value is -5.02. The van der Waals surface area contributed by atoms with E-state index in [2.05, 4.69) is 119 Å². The molecular formula is C35H26N2O. The molecule has 1 N–H and O–H groups in total. The fourth-order valence-electron chi connectivity index (χ4n) is 5.22. The van der Waals surface area contributed by atoms with Crippen molar-refractivity contribution in [1.82, 2.24) is 0 Å². The Kier molecular flexibility index (Phi) is 5.52. The lowest BCUT2D eigenvalue weighted by Gasteiger charge is -2.30. The maximum absolute atomic E-state index is 6.23. The molecule has 3 heteroatoms. The minimum absolute atomic E-state index is 0.692. The second kappa shape index (κ2) is 9.45. The number of anilines is 3. The molecule has 2 heterocycles. The minimum atomic E-state index is 0.692. The molecule has 0 aliphatic carbocycles. The number of furan rings is 1. The van der Waals surface area contributed by atoms with Crippen molar-refractivity contribution in [3.05, 3.63) is 145 Å². The molecule has 0 saturated carbocycles. The molecule has 1 aliphatic heterocycles. The number of rotatable bonds is 5. The van der Waals surface area contributed by atoms with Crippen LogP contribution in [0.2, 0.25) is 0 Å². The third-order valence-corrected chi connectivity index (χ3v) is 7.12. The van der Waals surface area contributed by atoms with E-state index in [1.807, 2.05) is 30.3 Å². The predicted octanol–water partition coefficient (Wildman–Crippen LogP) is 9.37. The molecule has 0 bridgehead atoms. The van der Waals surface area contributed by atoms with Crippen molar-refractivity contribution in [2.45, 2.75) is 0 Å². The van der Waals surface area contributed by atoms with Crippen LogP contribution in [0.1, 0.15) is 5.76 Å². The maximum atomic E-state index is 6.23. The molecule has 6 aromatic rings. The quantitative estimate of drug-likeness (QED) is 0.261. The topological polar surface area (TPSA) is 28.4 Å². The summed E-state index contributed by atoms with van der Waals surface area (Å²) in [6.45, 7) is 0.692. The van der Waals surface area contributed by atoms with E-state index >= 15 is 0 Å². The van der Waals surface area contributed by atoms with Crippen molar-refractivity contribution in [2.75, 3.05) is 16.8 Å². The van der Waals surface area contributed by atoms with E-state index in [0.717, 1.165) is 39.5 Å². The third kappa shape index (κ3) is 4.04. The first-order chi connectivity index (χ1) is 18.8. The van der Waals surface area contributed by atoms with Gasteiger partial charge in [0.15, 0.2) is 5.76 Å². The lowest BCUT2D eigenvalue weighted by Crippen LogP contribution is -2.24. The van der Waals surface area contributed by atoms with Gasteiger partial charge in [-0.2, -0.15) is 0 Å². The Morgan fingerprint density at radius 2 is 1.03 bits per heavy atom. The van der Waals surface area contributed by atoms with E-state index in [1.165, 1.54) is 22.3 Å². The van der Waals surface area contributed by atoms with Crippen molar-refractivity contribution in [2.24, 2.45) is 0 Å². The number of hydrogen-bond acceptors (Lipinski definition) is 3. The molecule has 0 spiro atoms. The highest BCUT2D eigenvalue weighted by Gasteiger charge is 2.23. The van der Waals surface area contributed by atoms with E-state index in [9.17, 15) is 0 Å². The number of fused-ring (bicyclic) bond motifs is 3. The smallest absolute Gasteiger partial charge is 0.153 e. The number of hydrogen-bond donors (Lipinski definition) is 1. The SMILES string of the molecule is C1=C(N(c2ccc(-c3ccccc3)cc2)c2ccc(-c3ccccc3)cc2)CNc2c1oc1ccccc21. The monoisotopic (exact) mass is 490 g/mol. The third-order valence-electron chi connectivity index (χ3n) is 7.12. The largest absolute Gasteiger partial charge is 0.454 e. The van der Waals surface area contributed by atoms with Crippen molar-refractivity contribution < 1.29 is 4.42 Å². The van der Waals surface area contributed by atoms with Gasteiger partial charge >= 0.3 is 0 Å². The van der Waals surface area contributed by atoms with E-state index < -0.39 is 0 Å². The number of para-hydroxylation sites is 1. The predicted molar refractivity (Wildman–Crippen MR) is 159 cm³/mol. The van der Waals surface area contributed by atoms with E-state index in [0.29, 0.717) is 6.54 Å². The van der Waals surface area contributed by atoms with Gasteiger partial charge in [-0.05, 0) is 58.7 Å². The Morgan fingerprint density at radius 3 is 1.61 bits per heavy atom. The van der Waals surface area contributed by atoms with Crippen LogP contribution >= 0.6 is 0 Å². The average molecular weight is 491 g/mol. The molecule has 0 saturated heterocycles. The van der Waals surface area contributed by atoms with E-state index in [-0.39, 0.29) is 0 Å². The average Bonchev–Trinajstić information content (AvgIpc) is 3.37. The highest BCUT2D eigenvalue weighted by Crippen LogP contribution is 2.39. The molecule has 0 amide bonds. The summed E-state index contributed by atoms with van der Waals surface area (Å²) < 4.78 is 6.23. The van der Waals surface area contributed by atoms with Crippen molar-refractivity contribution in [3.63, 3.8) is 0 Å². The van der Waals surface area contributed by atoms with Crippen LogP contribution < -0.4 is 10.2 Å². The molecule has 1 aliphatic rings. The highest BCUT2D eigenvalue weighted by molar-refractivity contribution is 5.97. The summed E-state index contributed by atoms with van der Waals surface area (Å²) in [5.41, 5.74) is 10.1. The first-order valence-corrected chi connectivity index (χ1v) is 12.9. The Morgan fingerprint density at radius 1 is 0.526 bits per heavy atom. The second-order valence-corrected chi connectivity index (χ2v) is 9.49. The van der Waals surface area contributed by atoms with E-state index in [1.54, 1.807) is 0 Å². The standard InChI is InChI=1S/C35H26N2O/c1-3-9-25(10-4-1)27-15-19-29(20-16-27)37(30-21-17-28(18-22-30)26-11-5-2-6-12-26)31-23-34-35(36-24-31)32-13-7-8-14-33(32)38-34/h1-23,36H,24H2. The maximum Gasteiger partial charge on any atom is 0.153 e. The van der Waals surface area contributed by atoms with Crippen LogP contribution in [0.15, 0.2) is 144 Å². The first-order valence-electron chi connectivity index (χ1n) is 12.9. The normalized spacial score (nSPS) is 12.5. The summed E-state index contributed by atoms with van der Waals surface area (Å²) in [7, 11) is 0. The summed E-state index contributed by atoms with van der Waals surface area (Å²) in [5.74, 6) is 0.860. The summed E-state index contributed by atoms with van der Waals surface area (Å²) in [6, 6.07) is 46.7. The van der Waals surface area contributed by atoms with Crippen LogP contribution in [0.25, 0.3) is 39.3 Å². The van der Waals surface area contributed by atoms with Crippen molar-refractivity contribution in [1.29, 1.82) is 0 Å². The van der Waals surface area contributed by atoms with Gasteiger partial charge < -0.3 is 14.6 Å². The van der Waals surface area contributed by atoms with Crippen LogP contribution in [0.5, 0.6) is 0 Å². The van der Waals surface area contributed by atoms with Gasteiger partial charge in [0.1, 0.15) is 5.58 Å². The molecule has 0 fully saturated rings. The van der Waals surface area contributed by atoms with Gasteiger partial charge in [0.2, 0.25) is 0 Å². The molecule has 0 unspecified atom stereocenters. The van der Waals surface area contributed by atoms with Crippen molar-refractivity contribution >= 4 is 34.1 Å².